The number of carbonyl (C=O) groups is 1. The molecule has 2 N–H and O–H groups in total. The molecule has 2 aromatic carbocycles. The number of nitrogens with one attached hydrogen (secondary N) is 2. The fourth-order valence-electron chi connectivity index (χ4n) is 2.60. The summed E-state index contributed by atoms with van der Waals surface area (Å²) in [6.07, 6.45) is 1.36. The minimum absolute atomic E-state index is 0.0953. The molecule has 0 fully saturated rings. The van der Waals surface area contributed by atoms with Crippen LogP contribution in [0.25, 0.3) is 5.69 Å². The van der Waals surface area contributed by atoms with Gasteiger partial charge in [-0.1, -0.05) is 6.07 Å². The van der Waals surface area contributed by atoms with Crippen molar-refractivity contribution in [2.75, 3.05) is 31.3 Å². The van der Waals surface area contributed by atoms with Crippen molar-refractivity contribution in [2.24, 2.45) is 0 Å². The summed E-state index contributed by atoms with van der Waals surface area (Å²) in [7, 11) is -0.790. The zero-order chi connectivity index (χ0) is 21.9. The van der Waals surface area contributed by atoms with Crippen molar-refractivity contribution in [1.82, 2.24) is 24.5 Å². The second-order valence-electron chi connectivity index (χ2n) is 6.59. The lowest BCUT2D eigenvalue weighted by atomic mass is 10.2. The van der Waals surface area contributed by atoms with Crippen LogP contribution in [0, 0.1) is 12.7 Å². The third-order valence-electron chi connectivity index (χ3n) is 4.23. The molecule has 3 rings (SSSR count). The number of amides is 1. The Morgan fingerprint density at radius 2 is 1.97 bits per heavy atom. The number of nitrogens with zero attached hydrogens (tertiary/aromatic N) is 5. The van der Waals surface area contributed by atoms with E-state index in [1.54, 1.807) is 19.1 Å². The van der Waals surface area contributed by atoms with E-state index in [1.165, 1.54) is 49.4 Å². The second-order valence-corrected chi connectivity index (χ2v) is 8.71. The highest BCUT2D eigenvalue weighted by molar-refractivity contribution is 7.89. The molecule has 0 bridgehead atoms. The third-order valence-corrected chi connectivity index (χ3v) is 6.19. The zero-order valence-corrected chi connectivity index (χ0v) is 17.3. The maximum absolute atomic E-state index is 14.1. The second kappa shape index (κ2) is 8.55. The summed E-state index contributed by atoms with van der Waals surface area (Å²) in [6, 6.07) is 8.79. The number of halogens is 1. The van der Waals surface area contributed by atoms with E-state index in [1.807, 2.05) is 0 Å². The fraction of sp³-hybridized carbons (Fsp3) is 0.222. The van der Waals surface area contributed by atoms with Gasteiger partial charge >= 0.3 is 0 Å². The Hall–Kier alpha value is -3.38. The maximum atomic E-state index is 14.1. The highest BCUT2D eigenvalue weighted by Crippen LogP contribution is 2.22. The van der Waals surface area contributed by atoms with E-state index >= 15 is 0 Å². The number of aryl methyl sites for hydroxylation is 1. The van der Waals surface area contributed by atoms with E-state index in [-0.39, 0.29) is 17.1 Å². The van der Waals surface area contributed by atoms with Crippen molar-refractivity contribution < 1.29 is 17.6 Å². The van der Waals surface area contributed by atoms with Gasteiger partial charge in [0.1, 0.15) is 12.1 Å². The van der Waals surface area contributed by atoms with Gasteiger partial charge in [-0.15, -0.1) is 5.10 Å². The van der Waals surface area contributed by atoms with Crippen molar-refractivity contribution in [3.05, 3.63) is 54.1 Å². The van der Waals surface area contributed by atoms with Gasteiger partial charge in [-0.05, 0) is 53.2 Å². The van der Waals surface area contributed by atoms with E-state index < -0.39 is 21.7 Å². The highest BCUT2D eigenvalue weighted by Gasteiger charge is 2.20. The zero-order valence-electron chi connectivity index (χ0n) is 16.5. The summed E-state index contributed by atoms with van der Waals surface area (Å²) in [5.41, 5.74) is 1.48. The molecular formula is C18H20FN7O3S. The first-order valence-electron chi connectivity index (χ1n) is 8.78. The van der Waals surface area contributed by atoms with Crippen molar-refractivity contribution in [2.45, 2.75) is 11.8 Å². The molecule has 1 heterocycles. The summed E-state index contributed by atoms with van der Waals surface area (Å²) in [4.78, 5) is 12.4. The first-order valence-corrected chi connectivity index (χ1v) is 10.2. The van der Waals surface area contributed by atoms with Crippen LogP contribution in [-0.4, -0.2) is 59.5 Å². The number of carbonyl (C=O) groups excluding carboxylic acids is 1. The molecule has 12 heteroatoms. The van der Waals surface area contributed by atoms with Crippen molar-refractivity contribution >= 4 is 27.3 Å². The van der Waals surface area contributed by atoms with Crippen LogP contribution in [0.4, 0.5) is 15.8 Å². The normalized spacial score (nSPS) is 11.5. The van der Waals surface area contributed by atoms with Gasteiger partial charge in [-0.25, -0.2) is 21.8 Å². The van der Waals surface area contributed by atoms with E-state index in [0.717, 1.165) is 4.31 Å². The van der Waals surface area contributed by atoms with Crippen molar-refractivity contribution in [3.63, 3.8) is 0 Å². The lowest BCUT2D eigenvalue weighted by Crippen LogP contribution is -2.24. The van der Waals surface area contributed by atoms with Gasteiger partial charge in [0.05, 0.1) is 22.8 Å². The molecule has 0 radical (unpaired) electrons. The fourth-order valence-corrected chi connectivity index (χ4v) is 3.75. The van der Waals surface area contributed by atoms with Gasteiger partial charge < -0.3 is 10.6 Å². The number of hydrogen-bond donors (Lipinski definition) is 2. The molecule has 158 valence electrons. The van der Waals surface area contributed by atoms with Crippen molar-refractivity contribution in [1.29, 1.82) is 0 Å². The Morgan fingerprint density at radius 3 is 2.63 bits per heavy atom. The molecule has 0 spiro atoms. The first kappa shape index (κ1) is 21.3. The summed E-state index contributed by atoms with van der Waals surface area (Å²) in [5, 5.41) is 16.1. The number of tetrazole rings is 1. The highest BCUT2D eigenvalue weighted by atomic mass is 32.2. The molecule has 0 aliphatic heterocycles. The lowest BCUT2D eigenvalue weighted by Gasteiger charge is -2.15. The Morgan fingerprint density at radius 1 is 1.20 bits per heavy atom. The first-order chi connectivity index (χ1) is 14.2. The van der Waals surface area contributed by atoms with Crippen LogP contribution >= 0.6 is 0 Å². The van der Waals surface area contributed by atoms with Gasteiger partial charge in [0, 0.05) is 19.8 Å². The third kappa shape index (κ3) is 4.60. The molecule has 1 amide bonds. The van der Waals surface area contributed by atoms with Crippen molar-refractivity contribution in [3.8, 4) is 5.69 Å². The minimum Gasteiger partial charge on any atom is -0.374 e. The van der Waals surface area contributed by atoms with Crippen LogP contribution in [0.15, 0.2) is 47.6 Å². The van der Waals surface area contributed by atoms with Crippen LogP contribution in [0.1, 0.15) is 5.56 Å². The predicted octanol–water partition coefficient (Wildman–Crippen LogP) is 1.41. The number of rotatable bonds is 7. The summed E-state index contributed by atoms with van der Waals surface area (Å²) in [6.45, 7) is 1.43. The van der Waals surface area contributed by atoms with E-state index in [4.69, 9.17) is 0 Å². The van der Waals surface area contributed by atoms with Crippen LogP contribution in [0.3, 0.4) is 0 Å². The number of hydrogen-bond acceptors (Lipinski definition) is 7. The summed E-state index contributed by atoms with van der Waals surface area (Å²) >= 11 is 0. The van der Waals surface area contributed by atoms with E-state index in [0.29, 0.717) is 16.9 Å². The number of anilines is 2. The summed E-state index contributed by atoms with van der Waals surface area (Å²) in [5.74, 6) is -1.02. The number of benzene rings is 2. The van der Waals surface area contributed by atoms with Gasteiger partial charge in [0.25, 0.3) is 0 Å². The Bertz CT molecular complexity index is 1160. The van der Waals surface area contributed by atoms with Crippen LogP contribution in [0.2, 0.25) is 0 Å². The number of aromatic nitrogens is 4. The smallest absolute Gasteiger partial charge is 0.243 e. The maximum Gasteiger partial charge on any atom is 0.243 e. The molecule has 0 atom stereocenters. The van der Waals surface area contributed by atoms with Crippen LogP contribution in [0.5, 0.6) is 0 Å². The Labute approximate surface area is 172 Å². The predicted molar refractivity (Wildman–Crippen MR) is 108 cm³/mol. The van der Waals surface area contributed by atoms with E-state index in [9.17, 15) is 17.6 Å². The molecule has 0 saturated carbocycles. The van der Waals surface area contributed by atoms with Gasteiger partial charge in [-0.3, -0.25) is 4.79 Å². The minimum atomic E-state index is -3.65. The molecular weight excluding hydrogens is 413 g/mol. The molecule has 0 unspecified atom stereocenters. The lowest BCUT2D eigenvalue weighted by molar-refractivity contribution is -0.114. The largest absolute Gasteiger partial charge is 0.374 e. The standard InChI is InChI=1S/C18H20FN7O3S/c1-12-4-5-13(8-17(12)30(28,29)25(2)3)22-18(27)10-20-16-9-14(6-7-15(16)19)26-11-21-23-24-26/h4-9,11,20H,10H2,1-3H3,(H,22,27). The van der Waals surface area contributed by atoms with Gasteiger partial charge in [0.2, 0.25) is 15.9 Å². The topological polar surface area (TPSA) is 122 Å². The molecule has 0 saturated heterocycles. The summed E-state index contributed by atoms with van der Waals surface area (Å²) < 4.78 is 41.3. The molecule has 3 aromatic rings. The molecule has 1 aromatic heterocycles. The van der Waals surface area contributed by atoms with Gasteiger partial charge in [-0.2, -0.15) is 0 Å². The SMILES string of the molecule is Cc1ccc(NC(=O)CNc2cc(-n3cnnn3)ccc2F)cc1S(=O)(=O)N(C)C. The van der Waals surface area contributed by atoms with Crippen LogP contribution < -0.4 is 10.6 Å². The van der Waals surface area contributed by atoms with E-state index in [2.05, 4.69) is 26.2 Å². The van der Waals surface area contributed by atoms with Crippen LogP contribution in [-0.2, 0) is 14.8 Å². The molecule has 30 heavy (non-hydrogen) atoms. The Balaban J connectivity index is 1.71. The molecule has 0 aliphatic carbocycles. The quantitative estimate of drug-likeness (QED) is 0.578. The van der Waals surface area contributed by atoms with Gasteiger partial charge in [0.15, 0.2) is 0 Å². The molecule has 0 aliphatic rings. The number of sulfonamides is 1. The Kier molecular flexibility index (Phi) is 6.08. The molecule has 10 nitrogen and oxygen atoms in total. The monoisotopic (exact) mass is 433 g/mol. The average Bonchev–Trinajstić information content (AvgIpc) is 3.23. The average molecular weight is 433 g/mol.